The molecule has 6 nitrogen and oxygen atoms in total. The third-order valence-corrected chi connectivity index (χ3v) is 6.88. The lowest BCUT2D eigenvalue weighted by atomic mass is 10.2. The maximum Gasteiger partial charge on any atom is 0.267 e. The van der Waals surface area contributed by atoms with E-state index in [1.165, 1.54) is 4.31 Å². The van der Waals surface area contributed by atoms with Crippen LogP contribution in [0.25, 0.3) is 0 Å². The Morgan fingerprint density at radius 3 is 2.63 bits per heavy atom. The molecule has 1 aliphatic heterocycles. The van der Waals surface area contributed by atoms with Gasteiger partial charge in [0.05, 0.1) is 23.7 Å². The number of hydrogen-bond acceptors (Lipinski definition) is 5. The molecule has 1 amide bonds. The molecular weight excluding hydrogens is 384 g/mol. The highest BCUT2D eigenvalue weighted by Gasteiger charge is 2.36. The lowest BCUT2D eigenvalue weighted by Gasteiger charge is -2.34. The number of hydrogen-bond donors (Lipinski definition) is 1. The smallest absolute Gasteiger partial charge is 0.267 e. The zero-order chi connectivity index (χ0) is 19.4. The van der Waals surface area contributed by atoms with Crippen LogP contribution in [-0.2, 0) is 14.8 Å². The fraction of sp³-hybridized carbons (Fsp3) is 0.316. The van der Waals surface area contributed by atoms with Gasteiger partial charge in [-0.15, -0.1) is 11.8 Å². The van der Waals surface area contributed by atoms with Crippen molar-refractivity contribution < 1.29 is 17.9 Å². The Morgan fingerprint density at radius 2 is 1.89 bits per heavy atom. The molecule has 2 aromatic carbocycles. The second kappa shape index (κ2) is 8.22. The molecule has 1 atom stereocenters. The molecule has 1 aliphatic rings. The molecule has 1 heterocycles. The van der Waals surface area contributed by atoms with E-state index in [0.717, 1.165) is 10.6 Å². The van der Waals surface area contributed by atoms with Gasteiger partial charge in [0.2, 0.25) is 10.0 Å². The Hall–Kier alpha value is -2.19. The number of nitrogens with zero attached hydrogens (tertiary/aromatic N) is 1. The quantitative estimate of drug-likeness (QED) is 0.745. The number of carbonyl (C=O) groups is 1. The maximum atomic E-state index is 12.8. The Morgan fingerprint density at radius 1 is 1.19 bits per heavy atom. The minimum atomic E-state index is -3.52. The highest BCUT2D eigenvalue weighted by molar-refractivity contribution is 7.99. The molecule has 0 bridgehead atoms. The Kier molecular flexibility index (Phi) is 5.96. The predicted molar refractivity (Wildman–Crippen MR) is 109 cm³/mol. The van der Waals surface area contributed by atoms with Crippen molar-refractivity contribution in [3.8, 4) is 5.75 Å². The summed E-state index contributed by atoms with van der Waals surface area (Å²) in [5.74, 6) is 0.844. The molecular formula is C19H22N2O4S2. The van der Waals surface area contributed by atoms with Crippen LogP contribution in [0, 0.1) is 0 Å². The molecule has 27 heavy (non-hydrogen) atoms. The summed E-state index contributed by atoms with van der Waals surface area (Å²) in [4.78, 5) is 13.8. The molecule has 8 heteroatoms. The number of fused-ring (bicyclic) bond motifs is 1. The van der Waals surface area contributed by atoms with E-state index < -0.39 is 16.1 Å². The number of rotatable bonds is 6. The molecule has 0 saturated carbocycles. The summed E-state index contributed by atoms with van der Waals surface area (Å²) >= 11 is 1.63. The highest BCUT2D eigenvalue weighted by Crippen LogP contribution is 2.35. The molecule has 0 aliphatic carbocycles. The highest BCUT2D eigenvalue weighted by atomic mass is 32.2. The van der Waals surface area contributed by atoms with Crippen LogP contribution in [0.4, 0.5) is 11.4 Å². The first-order chi connectivity index (χ1) is 13.0. The minimum Gasteiger partial charge on any atom is -0.476 e. The van der Waals surface area contributed by atoms with Gasteiger partial charge in [-0.1, -0.05) is 31.2 Å². The topological polar surface area (TPSA) is 75.7 Å². The van der Waals surface area contributed by atoms with E-state index >= 15 is 0 Å². The molecule has 0 aromatic heterocycles. The third kappa shape index (κ3) is 4.22. The van der Waals surface area contributed by atoms with Gasteiger partial charge in [0.25, 0.3) is 5.91 Å². The van der Waals surface area contributed by atoms with Crippen molar-refractivity contribution in [3.63, 3.8) is 0 Å². The van der Waals surface area contributed by atoms with Crippen LogP contribution in [0.15, 0.2) is 53.4 Å². The van der Waals surface area contributed by atoms with Gasteiger partial charge in [-0.05, 0) is 36.9 Å². The molecule has 2 aromatic rings. The molecule has 1 N–H and O–H groups in total. The number of benzene rings is 2. The van der Waals surface area contributed by atoms with E-state index in [2.05, 4.69) is 5.32 Å². The standard InChI is InChI=1S/C19H22N2O4S2/c1-3-26-18-12-8-5-9-14(18)20-19(22)17-13-21(27(23,24)4-2)15-10-6-7-11-16(15)25-17/h5-12,17H,3-4,13H2,1-2H3,(H,20,22)/t17-/m1/s1. The van der Waals surface area contributed by atoms with Gasteiger partial charge in [-0.25, -0.2) is 8.42 Å². The fourth-order valence-electron chi connectivity index (χ4n) is 2.82. The van der Waals surface area contributed by atoms with Crippen molar-refractivity contribution in [3.05, 3.63) is 48.5 Å². The van der Waals surface area contributed by atoms with Crippen LogP contribution in [0.5, 0.6) is 5.75 Å². The van der Waals surface area contributed by atoms with Gasteiger partial charge in [0.1, 0.15) is 5.75 Å². The van der Waals surface area contributed by atoms with Crippen molar-refractivity contribution in [2.75, 3.05) is 27.7 Å². The second-order valence-corrected chi connectivity index (χ2v) is 9.41. The van der Waals surface area contributed by atoms with Crippen molar-refractivity contribution in [2.24, 2.45) is 0 Å². The summed E-state index contributed by atoms with van der Waals surface area (Å²) in [5.41, 5.74) is 1.16. The maximum absolute atomic E-state index is 12.8. The first-order valence-electron chi connectivity index (χ1n) is 8.75. The lowest BCUT2D eigenvalue weighted by molar-refractivity contribution is -0.122. The van der Waals surface area contributed by atoms with Gasteiger partial charge in [0.15, 0.2) is 6.10 Å². The van der Waals surface area contributed by atoms with Gasteiger partial charge in [0, 0.05) is 4.90 Å². The van der Waals surface area contributed by atoms with Gasteiger partial charge in [-0.2, -0.15) is 0 Å². The van der Waals surface area contributed by atoms with E-state index in [4.69, 9.17) is 4.74 Å². The largest absolute Gasteiger partial charge is 0.476 e. The van der Waals surface area contributed by atoms with E-state index in [0.29, 0.717) is 17.1 Å². The summed E-state index contributed by atoms with van der Waals surface area (Å²) in [6, 6.07) is 14.4. The molecule has 0 saturated heterocycles. The molecule has 144 valence electrons. The van der Waals surface area contributed by atoms with Crippen LogP contribution in [-0.4, -0.2) is 38.5 Å². The number of carbonyl (C=O) groups excluding carboxylic acids is 1. The molecule has 0 unspecified atom stereocenters. The van der Waals surface area contributed by atoms with E-state index in [-0.39, 0.29) is 18.2 Å². The molecule has 0 spiro atoms. The number of sulfonamides is 1. The van der Waals surface area contributed by atoms with Gasteiger partial charge < -0.3 is 10.1 Å². The predicted octanol–water partition coefficient (Wildman–Crippen LogP) is 3.35. The average Bonchev–Trinajstić information content (AvgIpc) is 2.68. The van der Waals surface area contributed by atoms with Gasteiger partial charge >= 0.3 is 0 Å². The zero-order valence-corrected chi connectivity index (χ0v) is 16.8. The monoisotopic (exact) mass is 406 g/mol. The van der Waals surface area contributed by atoms with Gasteiger partial charge in [-0.3, -0.25) is 9.10 Å². The Balaban J connectivity index is 1.87. The van der Waals surface area contributed by atoms with Crippen LogP contribution in [0.3, 0.4) is 0 Å². The lowest BCUT2D eigenvalue weighted by Crippen LogP contribution is -2.49. The summed E-state index contributed by atoms with van der Waals surface area (Å²) in [6.07, 6.45) is -0.930. The van der Waals surface area contributed by atoms with Crippen LogP contribution >= 0.6 is 11.8 Å². The number of anilines is 2. The van der Waals surface area contributed by atoms with Crippen molar-refractivity contribution in [2.45, 2.75) is 24.8 Å². The normalized spacial score (nSPS) is 16.4. The minimum absolute atomic E-state index is 0.0500. The van der Waals surface area contributed by atoms with Crippen molar-refractivity contribution in [1.82, 2.24) is 0 Å². The van der Waals surface area contributed by atoms with E-state index in [1.807, 2.05) is 31.2 Å². The fourth-order valence-corrected chi connectivity index (χ4v) is 4.71. The number of thioether (sulfide) groups is 1. The van der Waals surface area contributed by atoms with E-state index in [1.54, 1.807) is 43.0 Å². The summed E-state index contributed by atoms with van der Waals surface area (Å²) < 4.78 is 32.1. The molecule has 0 fully saturated rings. The second-order valence-electron chi connectivity index (χ2n) is 5.92. The summed E-state index contributed by atoms with van der Waals surface area (Å²) in [5, 5.41) is 2.88. The SMILES string of the molecule is CCSc1ccccc1NC(=O)[C@H]1CN(S(=O)(=O)CC)c2ccccc2O1. The number of amides is 1. The van der Waals surface area contributed by atoms with Crippen LogP contribution in [0.2, 0.25) is 0 Å². The Labute approximate surface area is 164 Å². The molecule has 3 rings (SSSR count). The van der Waals surface area contributed by atoms with Crippen LogP contribution < -0.4 is 14.4 Å². The van der Waals surface area contributed by atoms with Crippen molar-refractivity contribution >= 4 is 39.1 Å². The first-order valence-corrected chi connectivity index (χ1v) is 11.3. The number of para-hydroxylation sites is 3. The summed E-state index contributed by atoms with van der Waals surface area (Å²) in [7, 11) is -3.52. The number of ether oxygens (including phenoxy) is 1. The average molecular weight is 407 g/mol. The Bertz CT molecular complexity index is 931. The zero-order valence-electron chi connectivity index (χ0n) is 15.2. The summed E-state index contributed by atoms with van der Waals surface area (Å²) in [6.45, 7) is 3.57. The van der Waals surface area contributed by atoms with E-state index in [9.17, 15) is 13.2 Å². The number of nitrogens with one attached hydrogen (secondary N) is 1. The van der Waals surface area contributed by atoms with Crippen molar-refractivity contribution in [1.29, 1.82) is 0 Å². The van der Waals surface area contributed by atoms with Crippen LogP contribution in [0.1, 0.15) is 13.8 Å². The molecule has 0 radical (unpaired) electrons. The first kappa shape index (κ1) is 19.6. The third-order valence-electron chi connectivity index (χ3n) is 4.17.